The van der Waals surface area contributed by atoms with E-state index in [1.807, 2.05) is 4.90 Å². The van der Waals surface area contributed by atoms with E-state index in [9.17, 15) is 13.6 Å². The fraction of sp³-hybridized carbons (Fsp3) is 0.562. The van der Waals surface area contributed by atoms with Crippen molar-refractivity contribution in [2.24, 2.45) is 0 Å². The van der Waals surface area contributed by atoms with Crippen LogP contribution in [0.15, 0.2) is 18.2 Å². The topological polar surface area (TPSA) is 20.3 Å². The summed E-state index contributed by atoms with van der Waals surface area (Å²) in [5.74, 6) is -0.636. The minimum atomic E-state index is -0.837. The molecule has 2 unspecified atom stereocenters. The summed E-state index contributed by atoms with van der Waals surface area (Å²) in [4.78, 5) is 14.3. The van der Waals surface area contributed by atoms with E-state index in [1.165, 1.54) is 24.2 Å². The van der Waals surface area contributed by atoms with E-state index in [4.69, 9.17) is 0 Å². The monoisotopic (exact) mass is 313 g/mol. The number of carbonyl (C=O) groups is 1. The number of rotatable bonds is 4. The second kappa shape index (κ2) is 7.25. The van der Waals surface area contributed by atoms with Gasteiger partial charge >= 0.3 is 0 Å². The Hall–Kier alpha value is -1.10. The van der Waals surface area contributed by atoms with Crippen molar-refractivity contribution in [2.75, 3.05) is 5.75 Å². The van der Waals surface area contributed by atoms with Crippen LogP contribution in [-0.2, 0) is 10.5 Å². The highest BCUT2D eigenvalue weighted by molar-refractivity contribution is 7.99. The van der Waals surface area contributed by atoms with Crippen LogP contribution in [0.25, 0.3) is 0 Å². The maximum atomic E-state index is 13.1. The lowest BCUT2D eigenvalue weighted by molar-refractivity contribution is -0.134. The van der Waals surface area contributed by atoms with E-state index in [0.29, 0.717) is 29.2 Å². The highest BCUT2D eigenvalue weighted by Gasteiger charge is 2.28. The van der Waals surface area contributed by atoms with Gasteiger partial charge in [-0.25, -0.2) is 8.78 Å². The van der Waals surface area contributed by atoms with Crippen LogP contribution in [0.3, 0.4) is 0 Å². The van der Waals surface area contributed by atoms with Gasteiger partial charge in [-0.15, -0.1) is 11.8 Å². The normalized spacial score (nSPS) is 22.4. The van der Waals surface area contributed by atoms with Crippen molar-refractivity contribution in [2.45, 2.75) is 50.9 Å². The molecule has 1 aromatic rings. The van der Waals surface area contributed by atoms with Crippen LogP contribution in [0.5, 0.6) is 0 Å². The Labute approximate surface area is 128 Å². The number of nitrogens with zero attached hydrogens (tertiary/aromatic N) is 1. The lowest BCUT2D eigenvalue weighted by Gasteiger charge is -2.39. The van der Waals surface area contributed by atoms with Gasteiger partial charge in [0.25, 0.3) is 0 Å². The standard InChI is InChI=1S/C16H21F2NOS/c1-11-4-3-5-12(2)19(11)16(20)10-21-9-13-6-7-14(17)15(18)8-13/h6-8,11-12H,3-5,9-10H2,1-2H3. The third-order valence-corrected chi connectivity index (χ3v) is 4.95. The Morgan fingerprint density at radius 2 is 1.90 bits per heavy atom. The summed E-state index contributed by atoms with van der Waals surface area (Å²) < 4.78 is 25.9. The highest BCUT2D eigenvalue weighted by Crippen LogP contribution is 2.24. The van der Waals surface area contributed by atoms with Gasteiger partial charge in [-0.3, -0.25) is 4.79 Å². The molecule has 0 radical (unpaired) electrons. The maximum Gasteiger partial charge on any atom is 0.233 e. The molecule has 0 spiro atoms. The molecule has 116 valence electrons. The van der Waals surface area contributed by atoms with Crippen molar-refractivity contribution in [3.8, 4) is 0 Å². The quantitative estimate of drug-likeness (QED) is 0.838. The Morgan fingerprint density at radius 3 is 2.52 bits per heavy atom. The number of thioether (sulfide) groups is 1. The molecule has 0 bridgehead atoms. The third-order valence-electron chi connectivity index (χ3n) is 3.96. The van der Waals surface area contributed by atoms with Gasteiger partial charge in [0, 0.05) is 17.8 Å². The third kappa shape index (κ3) is 4.19. The van der Waals surface area contributed by atoms with Gasteiger partial charge in [-0.2, -0.15) is 0 Å². The van der Waals surface area contributed by atoms with Gasteiger partial charge < -0.3 is 4.90 Å². The van der Waals surface area contributed by atoms with E-state index >= 15 is 0 Å². The summed E-state index contributed by atoms with van der Waals surface area (Å²) in [5, 5.41) is 0. The first-order valence-corrected chi connectivity index (χ1v) is 8.47. The van der Waals surface area contributed by atoms with E-state index in [1.54, 1.807) is 6.07 Å². The molecule has 0 aromatic heterocycles. The van der Waals surface area contributed by atoms with E-state index in [-0.39, 0.29) is 5.91 Å². The molecule has 2 rings (SSSR count). The fourth-order valence-corrected chi connectivity index (χ4v) is 3.71. The smallest absolute Gasteiger partial charge is 0.233 e. The zero-order valence-electron chi connectivity index (χ0n) is 12.4. The first-order valence-electron chi connectivity index (χ1n) is 7.32. The number of carbonyl (C=O) groups excluding carboxylic acids is 1. The van der Waals surface area contributed by atoms with Crippen molar-refractivity contribution in [1.82, 2.24) is 4.90 Å². The molecule has 1 aliphatic rings. The largest absolute Gasteiger partial charge is 0.337 e. The number of benzene rings is 1. The molecule has 1 fully saturated rings. The average molecular weight is 313 g/mol. The Morgan fingerprint density at radius 1 is 1.24 bits per heavy atom. The fourth-order valence-electron chi connectivity index (χ4n) is 2.87. The molecule has 1 aliphatic heterocycles. The molecule has 1 aromatic carbocycles. The lowest BCUT2D eigenvalue weighted by Crippen LogP contribution is -2.48. The zero-order chi connectivity index (χ0) is 15.4. The Bertz CT molecular complexity index is 499. The van der Waals surface area contributed by atoms with Gasteiger partial charge in [0.05, 0.1) is 5.75 Å². The van der Waals surface area contributed by atoms with Crippen LogP contribution in [0.1, 0.15) is 38.7 Å². The zero-order valence-corrected chi connectivity index (χ0v) is 13.3. The molecule has 21 heavy (non-hydrogen) atoms. The summed E-state index contributed by atoms with van der Waals surface area (Å²) in [6.45, 7) is 4.18. The van der Waals surface area contributed by atoms with Crippen molar-refractivity contribution in [1.29, 1.82) is 0 Å². The van der Waals surface area contributed by atoms with Crippen molar-refractivity contribution in [3.63, 3.8) is 0 Å². The Balaban J connectivity index is 1.84. The Kier molecular flexibility index (Phi) is 5.62. The van der Waals surface area contributed by atoms with E-state index in [2.05, 4.69) is 13.8 Å². The summed E-state index contributed by atoms with van der Waals surface area (Å²) >= 11 is 1.45. The van der Waals surface area contributed by atoms with Crippen molar-refractivity contribution in [3.05, 3.63) is 35.4 Å². The molecular formula is C16H21F2NOS. The highest BCUT2D eigenvalue weighted by atomic mass is 32.2. The molecule has 1 heterocycles. The van der Waals surface area contributed by atoms with Crippen LogP contribution in [0, 0.1) is 11.6 Å². The van der Waals surface area contributed by atoms with Gasteiger partial charge in [-0.1, -0.05) is 6.07 Å². The number of amides is 1. The van der Waals surface area contributed by atoms with Gasteiger partial charge in [0.15, 0.2) is 11.6 Å². The predicted molar refractivity (Wildman–Crippen MR) is 82.1 cm³/mol. The first kappa shape index (κ1) is 16.3. The number of piperidine rings is 1. The van der Waals surface area contributed by atoms with E-state index in [0.717, 1.165) is 18.9 Å². The summed E-state index contributed by atoms with van der Waals surface area (Å²) in [5.41, 5.74) is 0.700. The number of halogens is 2. The second-order valence-electron chi connectivity index (χ2n) is 5.67. The van der Waals surface area contributed by atoms with Crippen LogP contribution >= 0.6 is 11.8 Å². The molecule has 1 saturated heterocycles. The number of likely N-dealkylation sites (tertiary alicyclic amines) is 1. The number of hydrogen-bond donors (Lipinski definition) is 0. The summed E-state index contributed by atoms with van der Waals surface area (Å²) in [6.07, 6.45) is 3.29. The maximum absolute atomic E-state index is 13.1. The van der Waals surface area contributed by atoms with Gasteiger partial charge in [0.1, 0.15) is 0 Å². The minimum absolute atomic E-state index is 0.141. The SMILES string of the molecule is CC1CCCC(C)N1C(=O)CSCc1ccc(F)c(F)c1. The van der Waals surface area contributed by atoms with Crippen molar-refractivity contribution >= 4 is 17.7 Å². The minimum Gasteiger partial charge on any atom is -0.337 e. The van der Waals surface area contributed by atoms with E-state index < -0.39 is 11.6 Å². The van der Waals surface area contributed by atoms with Gasteiger partial charge in [-0.05, 0) is 50.8 Å². The average Bonchev–Trinajstić information content (AvgIpc) is 2.42. The first-order chi connectivity index (χ1) is 9.99. The second-order valence-corrected chi connectivity index (χ2v) is 6.66. The van der Waals surface area contributed by atoms with Crippen LogP contribution in [0.4, 0.5) is 8.78 Å². The molecular weight excluding hydrogens is 292 g/mol. The summed E-state index contributed by atoms with van der Waals surface area (Å²) in [6, 6.07) is 4.47. The predicted octanol–water partition coefficient (Wildman–Crippen LogP) is 3.99. The molecule has 2 nitrogen and oxygen atoms in total. The van der Waals surface area contributed by atoms with Gasteiger partial charge in [0.2, 0.25) is 5.91 Å². The van der Waals surface area contributed by atoms with Crippen LogP contribution in [-0.4, -0.2) is 28.6 Å². The van der Waals surface area contributed by atoms with Crippen LogP contribution in [0.2, 0.25) is 0 Å². The molecule has 5 heteroatoms. The molecule has 0 aliphatic carbocycles. The molecule has 0 saturated carbocycles. The molecule has 0 N–H and O–H groups in total. The lowest BCUT2D eigenvalue weighted by atomic mass is 9.98. The summed E-state index contributed by atoms with van der Waals surface area (Å²) in [7, 11) is 0. The van der Waals surface area contributed by atoms with Crippen molar-refractivity contribution < 1.29 is 13.6 Å². The molecule has 2 atom stereocenters. The number of hydrogen-bond acceptors (Lipinski definition) is 2. The van der Waals surface area contributed by atoms with Crippen LogP contribution < -0.4 is 0 Å². The molecule has 1 amide bonds.